The summed E-state index contributed by atoms with van der Waals surface area (Å²) in [5, 5.41) is 5.97. The molecule has 0 radical (unpaired) electrons. The highest BCUT2D eigenvalue weighted by atomic mass is 16.5. The summed E-state index contributed by atoms with van der Waals surface area (Å²) in [5.74, 6) is -0.805. The van der Waals surface area contributed by atoms with E-state index in [1.165, 1.54) is 0 Å². The predicted molar refractivity (Wildman–Crippen MR) is 88.0 cm³/mol. The van der Waals surface area contributed by atoms with Crippen molar-refractivity contribution in [3.63, 3.8) is 0 Å². The van der Waals surface area contributed by atoms with E-state index in [0.717, 1.165) is 25.1 Å². The molecule has 1 aromatic rings. The summed E-state index contributed by atoms with van der Waals surface area (Å²) in [6, 6.07) is 7.16. The number of amides is 1. The SMILES string of the molecule is CCCCNc1ccccc1C(=O)OCC(=O)NC(C)(C)C. The lowest BCUT2D eigenvalue weighted by atomic mass is 10.1. The van der Waals surface area contributed by atoms with Gasteiger partial charge in [-0.1, -0.05) is 25.5 Å². The minimum Gasteiger partial charge on any atom is -0.452 e. The molecule has 0 atom stereocenters. The summed E-state index contributed by atoms with van der Waals surface area (Å²) < 4.78 is 5.09. The van der Waals surface area contributed by atoms with Crippen LogP contribution in [0.4, 0.5) is 5.69 Å². The van der Waals surface area contributed by atoms with Crippen LogP contribution in [0.1, 0.15) is 50.9 Å². The van der Waals surface area contributed by atoms with Gasteiger partial charge in [0.2, 0.25) is 0 Å². The fourth-order valence-electron chi connectivity index (χ4n) is 1.88. The Kier molecular flexibility index (Phi) is 6.89. The number of nitrogens with one attached hydrogen (secondary N) is 2. The molecule has 0 unspecified atom stereocenters. The van der Waals surface area contributed by atoms with Crippen LogP contribution in [0.15, 0.2) is 24.3 Å². The zero-order valence-electron chi connectivity index (χ0n) is 13.9. The van der Waals surface area contributed by atoms with Crippen LogP contribution in [0.25, 0.3) is 0 Å². The van der Waals surface area contributed by atoms with Crippen LogP contribution in [-0.4, -0.2) is 30.6 Å². The Morgan fingerprint density at radius 2 is 1.86 bits per heavy atom. The van der Waals surface area contributed by atoms with Crippen molar-refractivity contribution in [2.24, 2.45) is 0 Å². The second-order valence-electron chi connectivity index (χ2n) is 6.20. The molecule has 1 aromatic carbocycles. The summed E-state index contributed by atoms with van der Waals surface area (Å²) in [7, 11) is 0. The number of hydrogen-bond acceptors (Lipinski definition) is 4. The van der Waals surface area contributed by atoms with E-state index in [0.29, 0.717) is 5.56 Å². The number of para-hydroxylation sites is 1. The smallest absolute Gasteiger partial charge is 0.340 e. The third-order valence-corrected chi connectivity index (χ3v) is 2.84. The maximum absolute atomic E-state index is 12.1. The van der Waals surface area contributed by atoms with E-state index in [9.17, 15) is 9.59 Å². The molecule has 0 fully saturated rings. The number of unbranched alkanes of at least 4 members (excludes halogenated alkanes) is 1. The molecular weight excluding hydrogens is 280 g/mol. The Morgan fingerprint density at radius 1 is 1.18 bits per heavy atom. The second-order valence-corrected chi connectivity index (χ2v) is 6.20. The first kappa shape index (κ1) is 18.0. The van der Waals surface area contributed by atoms with Gasteiger partial charge in [-0.05, 0) is 39.3 Å². The monoisotopic (exact) mass is 306 g/mol. The van der Waals surface area contributed by atoms with Crippen molar-refractivity contribution >= 4 is 17.6 Å². The van der Waals surface area contributed by atoms with E-state index in [1.807, 2.05) is 32.9 Å². The van der Waals surface area contributed by atoms with Gasteiger partial charge in [-0.25, -0.2) is 4.79 Å². The van der Waals surface area contributed by atoms with Crippen molar-refractivity contribution in [1.82, 2.24) is 5.32 Å². The molecule has 0 saturated heterocycles. The molecule has 1 rings (SSSR count). The lowest BCUT2D eigenvalue weighted by Crippen LogP contribution is -2.42. The molecule has 0 heterocycles. The fourth-order valence-corrected chi connectivity index (χ4v) is 1.88. The first-order chi connectivity index (χ1) is 10.3. The third-order valence-electron chi connectivity index (χ3n) is 2.84. The van der Waals surface area contributed by atoms with Crippen LogP contribution in [0.2, 0.25) is 0 Å². The van der Waals surface area contributed by atoms with Gasteiger partial charge in [-0.2, -0.15) is 0 Å². The maximum atomic E-state index is 12.1. The fraction of sp³-hybridized carbons (Fsp3) is 0.529. The number of benzene rings is 1. The summed E-state index contributed by atoms with van der Waals surface area (Å²) in [4.78, 5) is 23.8. The van der Waals surface area contributed by atoms with Gasteiger partial charge in [0.15, 0.2) is 6.61 Å². The lowest BCUT2D eigenvalue weighted by Gasteiger charge is -2.20. The Bertz CT molecular complexity index is 507. The molecule has 0 saturated carbocycles. The quantitative estimate of drug-likeness (QED) is 0.600. The minimum absolute atomic E-state index is 0.278. The largest absolute Gasteiger partial charge is 0.452 e. The van der Waals surface area contributed by atoms with Gasteiger partial charge in [0.05, 0.1) is 5.56 Å². The predicted octanol–water partition coefficient (Wildman–Crippen LogP) is 2.97. The number of anilines is 1. The zero-order chi connectivity index (χ0) is 16.6. The second kappa shape index (κ2) is 8.41. The van der Waals surface area contributed by atoms with Gasteiger partial charge in [0.1, 0.15) is 0 Å². The van der Waals surface area contributed by atoms with Crippen LogP contribution in [0.5, 0.6) is 0 Å². The average molecular weight is 306 g/mol. The van der Waals surface area contributed by atoms with Crippen molar-refractivity contribution < 1.29 is 14.3 Å². The molecule has 0 bridgehead atoms. The van der Waals surface area contributed by atoms with E-state index >= 15 is 0 Å². The number of esters is 1. The molecule has 0 aliphatic rings. The van der Waals surface area contributed by atoms with Crippen LogP contribution in [0.3, 0.4) is 0 Å². The molecule has 0 aliphatic carbocycles. The highest BCUT2D eigenvalue weighted by molar-refractivity contribution is 5.96. The van der Waals surface area contributed by atoms with Gasteiger partial charge in [0.25, 0.3) is 5.91 Å². The average Bonchev–Trinajstić information content (AvgIpc) is 2.44. The molecule has 122 valence electrons. The van der Waals surface area contributed by atoms with Gasteiger partial charge in [-0.3, -0.25) is 4.79 Å². The first-order valence-corrected chi connectivity index (χ1v) is 7.64. The van der Waals surface area contributed by atoms with Crippen LogP contribution < -0.4 is 10.6 Å². The topological polar surface area (TPSA) is 67.4 Å². The normalized spacial score (nSPS) is 10.9. The Balaban J connectivity index is 2.60. The van der Waals surface area contributed by atoms with Gasteiger partial charge in [0, 0.05) is 17.8 Å². The first-order valence-electron chi connectivity index (χ1n) is 7.64. The molecule has 5 nitrogen and oxygen atoms in total. The summed E-state index contributed by atoms with van der Waals surface area (Å²) in [5.41, 5.74) is 0.836. The molecule has 1 amide bonds. The van der Waals surface area contributed by atoms with E-state index in [2.05, 4.69) is 17.6 Å². The van der Waals surface area contributed by atoms with Gasteiger partial charge < -0.3 is 15.4 Å². The van der Waals surface area contributed by atoms with Gasteiger partial charge >= 0.3 is 5.97 Å². The third kappa shape index (κ3) is 6.61. The minimum atomic E-state index is -0.497. The van der Waals surface area contributed by atoms with E-state index in [1.54, 1.807) is 12.1 Å². The molecule has 0 spiro atoms. The van der Waals surface area contributed by atoms with Crippen molar-refractivity contribution in [2.45, 2.75) is 46.1 Å². The van der Waals surface area contributed by atoms with Crippen LogP contribution >= 0.6 is 0 Å². The van der Waals surface area contributed by atoms with E-state index in [4.69, 9.17) is 4.74 Å². The van der Waals surface area contributed by atoms with Crippen molar-refractivity contribution in [3.05, 3.63) is 29.8 Å². The summed E-state index contributed by atoms with van der Waals surface area (Å²) >= 11 is 0. The Morgan fingerprint density at radius 3 is 2.50 bits per heavy atom. The van der Waals surface area contributed by atoms with Crippen molar-refractivity contribution in [2.75, 3.05) is 18.5 Å². The summed E-state index contributed by atoms with van der Waals surface area (Å²) in [6.07, 6.45) is 2.10. The lowest BCUT2D eigenvalue weighted by molar-refractivity contribution is -0.125. The maximum Gasteiger partial charge on any atom is 0.340 e. The van der Waals surface area contributed by atoms with Crippen LogP contribution in [0, 0.1) is 0 Å². The number of rotatable bonds is 7. The van der Waals surface area contributed by atoms with Gasteiger partial charge in [-0.15, -0.1) is 0 Å². The van der Waals surface area contributed by atoms with Crippen molar-refractivity contribution in [1.29, 1.82) is 0 Å². The molecular formula is C17H26N2O3. The number of ether oxygens (including phenoxy) is 1. The standard InChI is InChI=1S/C17H26N2O3/c1-5-6-11-18-14-10-8-7-9-13(14)16(21)22-12-15(20)19-17(2,3)4/h7-10,18H,5-6,11-12H2,1-4H3,(H,19,20). The highest BCUT2D eigenvalue weighted by Gasteiger charge is 2.17. The number of hydrogen-bond donors (Lipinski definition) is 2. The summed E-state index contributed by atoms with van der Waals surface area (Å²) in [6.45, 7) is 8.25. The molecule has 2 N–H and O–H groups in total. The number of carbonyl (C=O) groups is 2. The zero-order valence-corrected chi connectivity index (χ0v) is 13.9. The van der Waals surface area contributed by atoms with E-state index in [-0.39, 0.29) is 18.1 Å². The van der Waals surface area contributed by atoms with E-state index < -0.39 is 5.97 Å². The number of carbonyl (C=O) groups excluding carboxylic acids is 2. The highest BCUT2D eigenvalue weighted by Crippen LogP contribution is 2.16. The van der Waals surface area contributed by atoms with Crippen LogP contribution in [-0.2, 0) is 9.53 Å². The molecule has 0 aliphatic heterocycles. The molecule has 22 heavy (non-hydrogen) atoms. The Labute approximate surface area is 132 Å². The Hall–Kier alpha value is -2.04. The van der Waals surface area contributed by atoms with Crippen molar-refractivity contribution in [3.8, 4) is 0 Å². The molecule has 5 heteroatoms. The molecule has 0 aromatic heterocycles.